The van der Waals surface area contributed by atoms with Crippen molar-refractivity contribution in [3.63, 3.8) is 0 Å². The second kappa shape index (κ2) is 7.30. The quantitative estimate of drug-likeness (QED) is 0.656. The van der Waals surface area contributed by atoms with Crippen LogP contribution in [0.15, 0.2) is 39.4 Å². The first kappa shape index (κ1) is 16.3. The molecule has 0 aliphatic heterocycles. The molecular weight excluding hydrogens is 354 g/mol. The van der Waals surface area contributed by atoms with E-state index in [0.717, 1.165) is 10.7 Å². The number of hydrogen-bond donors (Lipinski definition) is 3. The molecule has 0 spiro atoms. The Balaban J connectivity index is 1.93. The van der Waals surface area contributed by atoms with Crippen LogP contribution in [0.2, 0.25) is 0 Å². The first-order valence-electron chi connectivity index (χ1n) is 6.40. The Morgan fingerprint density at radius 3 is 2.68 bits per heavy atom. The molecule has 0 saturated heterocycles. The lowest BCUT2D eigenvalue weighted by molar-refractivity contribution is 0.0900. The zero-order valence-electron chi connectivity index (χ0n) is 11.5. The molecule has 1 aromatic heterocycles. The number of hydrogen-bond acceptors (Lipinski definition) is 6. The SMILES string of the molecule is NC(CO)c1nc(C(=O)NCC(=O)c2ccc(Br)cc2)co1. The molecule has 0 radical (unpaired) electrons. The van der Waals surface area contributed by atoms with Gasteiger partial charge in [-0.1, -0.05) is 28.1 Å². The molecule has 0 aliphatic carbocycles. The van der Waals surface area contributed by atoms with E-state index in [1.54, 1.807) is 24.3 Å². The third kappa shape index (κ3) is 4.00. The second-order valence-corrected chi connectivity index (χ2v) is 5.39. The maximum absolute atomic E-state index is 11.9. The van der Waals surface area contributed by atoms with Crippen LogP contribution in [0.4, 0.5) is 0 Å². The monoisotopic (exact) mass is 367 g/mol. The van der Waals surface area contributed by atoms with E-state index < -0.39 is 11.9 Å². The van der Waals surface area contributed by atoms with Crippen LogP contribution in [-0.2, 0) is 0 Å². The van der Waals surface area contributed by atoms with Crippen molar-refractivity contribution in [2.75, 3.05) is 13.2 Å². The summed E-state index contributed by atoms with van der Waals surface area (Å²) in [5.41, 5.74) is 6.02. The average molecular weight is 368 g/mol. The first-order valence-corrected chi connectivity index (χ1v) is 7.19. The third-order valence-electron chi connectivity index (χ3n) is 2.84. The van der Waals surface area contributed by atoms with Gasteiger partial charge in [0.25, 0.3) is 5.91 Å². The minimum Gasteiger partial charge on any atom is -0.446 e. The van der Waals surface area contributed by atoms with Crippen molar-refractivity contribution in [1.29, 1.82) is 0 Å². The number of amides is 1. The number of aromatic nitrogens is 1. The molecule has 0 fully saturated rings. The summed E-state index contributed by atoms with van der Waals surface area (Å²) >= 11 is 3.28. The van der Waals surface area contributed by atoms with Crippen LogP contribution < -0.4 is 11.1 Å². The predicted molar refractivity (Wildman–Crippen MR) is 81.3 cm³/mol. The molecule has 4 N–H and O–H groups in total. The zero-order chi connectivity index (χ0) is 16.1. The minimum atomic E-state index is -0.786. The summed E-state index contributed by atoms with van der Waals surface area (Å²) in [5.74, 6) is -0.714. The van der Waals surface area contributed by atoms with E-state index in [9.17, 15) is 9.59 Å². The topological polar surface area (TPSA) is 118 Å². The predicted octanol–water partition coefficient (Wildman–Crippen LogP) is 1.04. The summed E-state index contributed by atoms with van der Waals surface area (Å²) in [6, 6.07) is 6.02. The Labute approximate surface area is 134 Å². The molecule has 116 valence electrons. The van der Waals surface area contributed by atoms with Crippen LogP contribution in [0.3, 0.4) is 0 Å². The molecule has 1 atom stereocenters. The summed E-state index contributed by atoms with van der Waals surface area (Å²) < 4.78 is 5.86. The summed E-state index contributed by atoms with van der Waals surface area (Å²) in [6.07, 6.45) is 1.13. The van der Waals surface area contributed by atoms with Gasteiger partial charge >= 0.3 is 0 Å². The molecule has 1 heterocycles. The second-order valence-electron chi connectivity index (χ2n) is 4.47. The number of halogens is 1. The highest BCUT2D eigenvalue weighted by molar-refractivity contribution is 9.10. The molecule has 7 nitrogen and oxygen atoms in total. The van der Waals surface area contributed by atoms with E-state index >= 15 is 0 Å². The lowest BCUT2D eigenvalue weighted by atomic mass is 10.1. The first-order chi connectivity index (χ1) is 10.5. The Hall–Kier alpha value is -2.03. The Morgan fingerprint density at radius 2 is 2.05 bits per heavy atom. The van der Waals surface area contributed by atoms with Crippen LogP contribution in [0.5, 0.6) is 0 Å². The van der Waals surface area contributed by atoms with Crippen LogP contribution in [0.1, 0.15) is 32.8 Å². The molecule has 0 bridgehead atoms. The number of carbonyl (C=O) groups excluding carboxylic acids is 2. The average Bonchev–Trinajstić information content (AvgIpc) is 3.02. The Bertz CT molecular complexity index is 669. The maximum atomic E-state index is 11.9. The number of aliphatic hydroxyl groups is 1. The van der Waals surface area contributed by atoms with E-state index in [1.165, 1.54) is 0 Å². The smallest absolute Gasteiger partial charge is 0.273 e. The van der Waals surface area contributed by atoms with Gasteiger partial charge in [0.15, 0.2) is 11.5 Å². The molecule has 1 unspecified atom stereocenters. The number of rotatable bonds is 6. The Kier molecular flexibility index (Phi) is 5.42. The number of ketones is 1. The number of benzene rings is 1. The van der Waals surface area contributed by atoms with Gasteiger partial charge in [0.05, 0.1) is 13.2 Å². The molecule has 0 aliphatic rings. The third-order valence-corrected chi connectivity index (χ3v) is 3.37. The summed E-state index contributed by atoms with van der Waals surface area (Å²) in [5, 5.41) is 11.3. The Morgan fingerprint density at radius 1 is 1.36 bits per heavy atom. The van der Waals surface area contributed by atoms with Gasteiger partial charge in [-0.15, -0.1) is 0 Å². The molecule has 2 aromatic rings. The van der Waals surface area contributed by atoms with Crippen molar-refractivity contribution in [2.24, 2.45) is 5.73 Å². The van der Waals surface area contributed by atoms with Crippen molar-refractivity contribution in [1.82, 2.24) is 10.3 Å². The molecule has 1 aromatic carbocycles. The number of nitrogens with one attached hydrogen (secondary N) is 1. The van der Waals surface area contributed by atoms with Gasteiger partial charge in [-0.2, -0.15) is 0 Å². The van der Waals surface area contributed by atoms with Gasteiger partial charge in [0.2, 0.25) is 5.89 Å². The fourth-order valence-corrected chi connectivity index (χ4v) is 1.89. The lowest BCUT2D eigenvalue weighted by Gasteiger charge is -2.03. The minimum absolute atomic E-state index is 0.00232. The normalized spacial score (nSPS) is 12.0. The number of aliphatic hydroxyl groups excluding tert-OH is 1. The molecule has 0 saturated carbocycles. The van der Waals surface area contributed by atoms with E-state index in [2.05, 4.69) is 26.2 Å². The van der Waals surface area contributed by atoms with Crippen LogP contribution in [0, 0.1) is 0 Å². The fraction of sp³-hybridized carbons (Fsp3) is 0.214. The largest absolute Gasteiger partial charge is 0.446 e. The van der Waals surface area contributed by atoms with Crippen LogP contribution in [0.25, 0.3) is 0 Å². The number of nitrogens with zero attached hydrogens (tertiary/aromatic N) is 1. The molecule has 8 heteroatoms. The van der Waals surface area contributed by atoms with Crippen LogP contribution >= 0.6 is 15.9 Å². The van der Waals surface area contributed by atoms with Gasteiger partial charge in [-0.3, -0.25) is 9.59 Å². The van der Waals surface area contributed by atoms with E-state index in [4.69, 9.17) is 15.3 Å². The molecule has 22 heavy (non-hydrogen) atoms. The van der Waals surface area contributed by atoms with Gasteiger partial charge in [0.1, 0.15) is 12.3 Å². The number of Topliss-reactive ketones (excluding diaryl/α,β-unsaturated/α-hetero) is 1. The number of carbonyl (C=O) groups is 2. The van der Waals surface area contributed by atoms with Gasteiger partial charge < -0.3 is 20.6 Å². The van der Waals surface area contributed by atoms with Crippen LogP contribution in [-0.4, -0.2) is 34.9 Å². The molecule has 1 amide bonds. The summed E-state index contributed by atoms with van der Waals surface area (Å²) in [6.45, 7) is -0.502. The van der Waals surface area contributed by atoms with Crippen molar-refractivity contribution < 1.29 is 19.1 Å². The highest BCUT2D eigenvalue weighted by Crippen LogP contribution is 2.11. The van der Waals surface area contributed by atoms with Gasteiger partial charge in [-0.05, 0) is 12.1 Å². The summed E-state index contributed by atoms with van der Waals surface area (Å²) in [4.78, 5) is 27.6. The molecular formula is C14H14BrN3O4. The van der Waals surface area contributed by atoms with E-state index in [0.29, 0.717) is 5.56 Å². The number of oxazole rings is 1. The zero-order valence-corrected chi connectivity index (χ0v) is 13.0. The highest BCUT2D eigenvalue weighted by Gasteiger charge is 2.17. The standard InChI is InChI=1S/C14H14BrN3O4/c15-9-3-1-8(2-4-9)12(20)5-17-13(21)11-7-22-14(18-11)10(16)6-19/h1-4,7,10,19H,5-6,16H2,(H,17,21). The number of nitrogens with two attached hydrogens (primary N) is 1. The fourth-order valence-electron chi connectivity index (χ4n) is 1.63. The van der Waals surface area contributed by atoms with Crippen molar-refractivity contribution in [3.05, 3.63) is 52.1 Å². The van der Waals surface area contributed by atoms with E-state index in [1.807, 2.05) is 0 Å². The van der Waals surface area contributed by atoms with Gasteiger partial charge in [0, 0.05) is 10.0 Å². The van der Waals surface area contributed by atoms with Crippen molar-refractivity contribution in [3.8, 4) is 0 Å². The lowest BCUT2D eigenvalue weighted by Crippen LogP contribution is -2.30. The highest BCUT2D eigenvalue weighted by atomic mass is 79.9. The van der Waals surface area contributed by atoms with Crippen molar-refractivity contribution in [2.45, 2.75) is 6.04 Å². The molecule has 2 rings (SSSR count). The summed E-state index contributed by atoms with van der Waals surface area (Å²) in [7, 11) is 0. The van der Waals surface area contributed by atoms with E-state index in [-0.39, 0.29) is 30.5 Å². The van der Waals surface area contributed by atoms with Gasteiger partial charge in [-0.25, -0.2) is 4.98 Å². The van der Waals surface area contributed by atoms with Crippen molar-refractivity contribution >= 4 is 27.6 Å². The maximum Gasteiger partial charge on any atom is 0.273 e.